The molecular formula is C26H25BrN2O4. The van der Waals surface area contributed by atoms with Gasteiger partial charge < -0.3 is 14.2 Å². The Hall–Kier alpha value is -3.58. The minimum atomic E-state index is -0.393. The van der Waals surface area contributed by atoms with Crippen molar-refractivity contribution in [2.45, 2.75) is 13.0 Å². The molecule has 1 N–H and O–H groups in total. The maximum atomic E-state index is 12.2. The third-order valence-electron chi connectivity index (χ3n) is 4.56. The zero-order valence-corrected chi connectivity index (χ0v) is 19.9. The number of carbonyl (C=O) groups excluding carboxylic acids is 1. The van der Waals surface area contributed by atoms with Gasteiger partial charge in [0.1, 0.15) is 12.4 Å². The van der Waals surface area contributed by atoms with Crippen LogP contribution in [0.5, 0.6) is 17.2 Å². The van der Waals surface area contributed by atoms with E-state index in [1.807, 2.05) is 66.7 Å². The number of ether oxygens (including phenoxy) is 3. The van der Waals surface area contributed by atoms with Crippen LogP contribution in [0.15, 0.2) is 89.0 Å². The first kappa shape index (κ1) is 24.1. The first-order valence-corrected chi connectivity index (χ1v) is 11.1. The van der Waals surface area contributed by atoms with Crippen molar-refractivity contribution in [3.05, 3.63) is 101 Å². The normalized spacial score (nSPS) is 10.6. The molecule has 170 valence electrons. The number of nitrogens with one attached hydrogen (secondary N) is 1. The SMILES string of the molecule is C=CCc1ccc(OCC(=O)N/N=C/c2ccccc2OCc2cccc(Br)c2)c(OC)c1. The lowest BCUT2D eigenvalue weighted by Crippen LogP contribution is -2.24. The highest BCUT2D eigenvalue weighted by Crippen LogP contribution is 2.28. The van der Waals surface area contributed by atoms with Crippen molar-refractivity contribution < 1.29 is 19.0 Å². The number of halogens is 1. The average Bonchev–Trinajstić information content (AvgIpc) is 2.82. The number of benzene rings is 3. The Kier molecular flexibility index (Phi) is 9.08. The summed E-state index contributed by atoms with van der Waals surface area (Å²) in [6.07, 6.45) is 4.07. The number of methoxy groups -OCH3 is 1. The van der Waals surface area contributed by atoms with Crippen LogP contribution in [0.1, 0.15) is 16.7 Å². The van der Waals surface area contributed by atoms with E-state index in [2.05, 4.69) is 33.0 Å². The highest BCUT2D eigenvalue weighted by molar-refractivity contribution is 9.10. The van der Waals surface area contributed by atoms with Crippen molar-refractivity contribution >= 4 is 28.1 Å². The molecule has 0 bridgehead atoms. The van der Waals surface area contributed by atoms with Crippen LogP contribution in [0.3, 0.4) is 0 Å². The van der Waals surface area contributed by atoms with E-state index in [1.54, 1.807) is 19.4 Å². The number of nitrogens with zero attached hydrogens (tertiary/aromatic N) is 1. The van der Waals surface area contributed by atoms with E-state index in [9.17, 15) is 4.79 Å². The molecule has 0 aliphatic carbocycles. The quantitative estimate of drug-likeness (QED) is 0.217. The number of hydrogen-bond donors (Lipinski definition) is 1. The minimum absolute atomic E-state index is 0.199. The number of hydrazone groups is 1. The van der Waals surface area contributed by atoms with Gasteiger partial charge in [0, 0.05) is 10.0 Å². The largest absolute Gasteiger partial charge is 0.493 e. The number of amides is 1. The molecule has 33 heavy (non-hydrogen) atoms. The fraction of sp³-hybridized carbons (Fsp3) is 0.154. The van der Waals surface area contributed by atoms with E-state index in [-0.39, 0.29) is 6.61 Å². The molecule has 6 nitrogen and oxygen atoms in total. The summed E-state index contributed by atoms with van der Waals surface area (Å²) >= 11 is 3.46. The van der Waals surface area contributed by atoms with Crippen LogP contribution in [-0.2, 0) is 17.8 Å². The third kappa shape index (κ3) is 7.50. The first-order valence-electron chi connectivity index (χ1n) is 10.3. The highest BCUT2D eigenvalue weighted by atomic mass is 79.9. The first-order chi connectivity index (χ1) is 16.1. The molecule has 0 aliphatic rings. The van der Waals surface area contributed by atoms with Crippen LogP contribution < -0.4 is 19.6 Å². The molecule has 7 heteroatoms. The predicted molar refractivity (Wildman–Crippen MR) is 133 cm³/mol. The molecule has 0 aromatic heterocycles. The minimum Gasteiger partial charge on any atom is -0.493 e. The van der Waals surface area contributed by atoms with Crippen molar-refractivity contribution in [3.8, 4) is 17.2 Å². The third-order valence-corrected chi connectivity index (χ3v) is 5.06. The monoisotopic (exact) mass is 508 g/mol. The number of carbonyl (C=O) groups is 1. The lowest BCUT2D eigenvalue weighted by Gasteiger charge is -2.11. The topological polar surface area (TPSA) is 69.2 Å². The number of rotatable bonds is 11. The van der Waals surface area contributed by atoms with Gasteiger partial charge in [-0.05, 0) is 53.9 Å². The Morgan fingerprint density at radius 3 is 2.64 bits per heavy atom. The van der Waals surface area contributed by atoms with Crippen LogP contribution in [-0.4, -0.2) is 25.8 Å². The predicted octanol–water partition coefficient (Wildman–Crippen LogP) is 5.29. The molecular weight excluding hydrogens is 484 g/mol. The summed E-state index contributed by atoms with van der Waals surface area (Å²) in [5, 5.41) is 4.03. The Balaban J connectivity index is 1.54. The summed E-state index contributed by atoms with van der Waals surface area (Å²) in [5.74, 6) is 1.31. The van der Waals surface area contributed by atoms with Crippen molar-refractivity contribution in [2.24, 2.45) is 5.10 Å². The lowest BCUT2D eigenvalue weighted by atomic mass is 10.1. The molecule has 0 heterocycles. The van der Waals surface area contributed by atoms with Gasteiger partial charge in [-0.3, -0.25) is 4.79 Å². The second kappa shape index (κ2) is 12.5. The van der Waals surface area contributed by atoms with Crippen molar-refractivity contribution in [1.29, 1.82) is 0 Å². The van der Waals surface area contributed by atoms with Gasteiger partial charge in [0.2, 0.25) is 0 Å². The van der Waals surface area contributed by atoms with Crippen LogP contribution in [0, 0.1) is 0 Å². The smallest absolute Gasteiger partial charge is 0.277 e. The van der Waals surface area contributed by atoms with Crippen molar-refractivity contribution in [2.75, 3.05) is 13.7 Å². The summed E-state index contributed by atoms with van der Waals surface area (Å²) in [5.41, 5.74) is 5.29. The van der Waals surface area contributed by atoms with Gasteiger partial charge in [-0.15, -0.1) is 6.58 Å². The summed E-state index contributed by atoms with van der Waals surface area (Å²) < 4.78 is 17.8. The lowest BCUT2D eigenvalue weighted by molar-refractivity contribution is -0.123. The standard InChI is InChI=1S/C26H25BrN2O4/c1-3-7-19-12-13-24(25(15-19)31-2)33-18-26(30)29-28-16-21-9-4-5-11-23(21)32-17-20-8-6-10-22(27)14-20/h3-6,8-16H,1,7,17-18H2,2H3,(H,29,30)/b28-16+. The maximum absolute atomic E-state index is 12.2. The van der Waals surface area contributed by atoms with Gasteiger partial charge in [-0.25, -0.2) is 5.43 Å². The molecule has 0 saturated carbocycles. The molecule has 3 aromatic rings. The Morgan fingerprint density at radius 1 is 1.00 bits per heavy atom. The van der Waals surface area contributed by atoms with E-state index in [1.165, 1.54) is 0 Å². The molecule has 3 rings (SSSR count). The zero-order valence-electron chi connectivity index (χ0n) is 18.3. The Morgan fingerprint density at radius 2 is 1.85 bits per heavy atom. The van der Waals surface area contributed by atoms with Gasteiger partial charge in [0.25, 0.3) is 5.91 Å². The van der Waals surface area contributed by atoms with E-state index in [0.717, 1.165) is 27.6 Å². The molecule has 0 radical (unpaired) electrons. The summed E-state index contributed by atoms with van der Waals surface area (Å²) in [6, 6.07) is 20.9. The summed E-state index contributed by atoms with van der Waals surface area (Å²) in [7, 11) is 1.56. The maximum Gasteiger partial charge on any atom is 0.277 e. The second-order valence-corrected chi connectivity index (χ2v) is 7.93. The fourth-order valence-corrected chi connectivity index (χ4v) is 3.43. The molecule has 1 amide bonds. The highest BCUT2D eigenvalue weighted by Gasteiger charge is 2.08. The van der Waals surface area contributed by atoms with E-state index < -0.39 is 5.91 Å². The zero-order chi connectivity index (χ0) is 23.5. The van der Waals surface area contributed by atoms with Crippen LogP contribution >= 0.6 is 15.9 Å². The Bertz CT molecular complexity index is 1130. The number of allylic oxidation sites excluding steroid dienone is 1. The summed E-state index contributed by atoms with van der Waals surface area (Å²) in [4.78, 5) is 12.2. The van der Waals surface area contributed by atoms with Crippen molar-refractivity contribution in [3.63, 3.8) is 0 Å². The average molecular weight is 509 g/mol. The molecule has 0 spiro atoms. The molecule has 0 unspecified atom stereocenters. The van der Waals surface area contributed by atoms with E-state index in [0.29, 0.717) is 23.9 Å². The van der Waals surface area contributed by atoms with Crippen LogP contribution in [0.2, 0.25) is 0 Å². The fourth-order valence-electron chi connectivity index (χ4n) is 2.98. The van der Waals surface area contributed by atoms with Gasteiger partial charge in [0.05, 0.1) is 13.3 Å². The van der Waals surface area contributed by atoms with Crippen LogP contribution in [0.25, 0.3) is 0 Å². The van der Waals surface area contributed by atoms with Gasteiger partial charge >= 0.3 is 0 Å². The number of para-hydroxylation sites is 1. The molecule has 3 aromatic carbocycles. The Labute approximate surface area is 202 Å². The molecule has 0 atom stereocenters. The van der Waals surface area contributed by atoms with E-state index in [4.69, 9.17) is 14.2 Å². The van der Waals surface area contributed by atoms with Gasteiger partial charge in [-0.2, -0.15) is 5.10 Å². The second-order valence-electron chi connectivity index (χ2n) is 7.02. The van der Waals surface area contributed by atoms with Gasteiger partial charge in [-0.1, -0.05) is 52.3 Å². The van der Waals surface area contributed by atoms with Crippen LogP contribution in [0.4, 0.5) is 0 Å². The van der Waals surface area contributed by atoms with Gasteiger partial charge in [0.15, 0.2) is 18.1 Å². The van der Waals surface area contributed by atoms with E-state index >= 15 is 0 Å². The molecule has 0 aliphatic heterocycles. The number of hydrogen-bond acceptors (Lipinski definition) is 5. The van der Waals surface area contributed by atoms with Crippen molar-refractivity contribution in [1.82, 2.24) is 5.43 Å². The molecule has 0 fully saturated rings. The summed E-state index contributed by atoms with van der Waals surface area (Å²) in [6.45, 7) is 3.94. The molecule has 0 saturated heterocycles.